The average molecular weight is 479 g/mol. The van der Waals surface area contributed by atoms with E-state index >= 15 is 0 Å². The minimum absolute atomic E-state index is 0.0116. The van der Waals surface area contributed by atoms with E-state index in [1.165, 1.54) is 16.4 Å². The number of carbonyl (C=O) groups excluding carboxylic acids is 2. The summed E-state index contributed by atoms with van der Waals surface area (Å²) in [5.74, 6) is -0.445. The van der Waals surface area contributed by atoms with Gasteiger partial charge in [0.05, 0.1) is 15.7 Å². The molecule has 180 valence electrons. The molecular weight excluding hydrogens is 448 g/mol. The first-order valence-electron chi connectivity index (χ1n) is 11.5. The number of carbonyl (C=O) groups is 2. The van der Waals surface area contributed by atoms with E-state index < -0.39 is 14.9 Å². The van der Waals surface area contributed by atoms with Crippen LogP contribution in [0, 0.1) is 28.9 Å². The predicted molar refractivity (Wildman–Crippen MR) is 120 cm³/mol. The van der Waals surface area contributed by atoms with Gasteiger partial charge in [0.1, 0.15) is 0 Å². The molecule has 0 radical (unpaired) electrons. The van der Waals surface area contributed by atoms with Crippen molar-refractivity contribution in [2.45, 2.75) is 56.4 Å². The second-order valence-corrected chi connectivity index (χ2v) is 11.2. The van der Waals surface area contributed by atoms with Crippen LogP contribution < -0.4 is 5.32 Å². The van der Waals surface area contributed by atoms with Gasteiger partial charge in [-0.25, -0.2) is 8.42 Å². The molecule has 1 unspecified atom stereocenters. The molecule has 4 rings (SSSR count). The Hall–Kier alpha value is -2.53. The first-order valence-corrected chi connectivity index (χ1v) is 12.9. The number of nitro benzene ring substituents is 1. The molecule has 3 aliphatic rings. The molecule has 2 heterocycles. The van der Waals surface area contributed by atoms with Gasteiger partial charge < -0.3 is 10.2 Å². The van der Waals surface area contributed by atoms with Gasteiger partial charge in [0.25, 0.3) is 5.69 Å². The number of aryl methyl sites for hydroxylation is 1. The Labute approximate surface area is 193 Å². The van der Waals surface area contributed by atoms with E-state index in [0.29, 0.717) is 37.5 Å². The number of benzene rings is 1. The molecular formula is C22H30N4O6S. The number of non-ortho nitro benzene ring substituents is 1. The molecule has 1 aliphatic carbocycles. The second-order valence-electron chi connectivity index (χ2n) is 9.29. The highest BCUT2D eigenvalue weighted by Crippen LogP contribution is 2.30. The molecule has 3 fully saturated rings. The molecule has 2 aliphatic heterocycles. The van der Waals surface area contributed by atoms with E-state index in [2.05, 4.69) is 5.32 Å². The van der Waals surface area contributed by atoms with Crippen molar-refractivity contribution < 1.29 is 22.9 Å². The van der Waals surface area contributed by atoms with Gasteiger partial charge in [0.15, 0.2) is 0 Å². The third kappa shape index (κ3) is 5.19. The summed E-state index contributed by atoms with van der Waals surface area (Å²) in [6, 6.07) is 4.12. The third-order valence-corrected chi connectivity index (χ3v) is 8.87. The summed E-state index contributed by atoms with van der Waals surface area (Å²) in [5.41, 5.74) is 0.178. The van der Waals surface area contributed by atoms with Crippen molar-refractivity contribution in [3.8, 4) is 0 Å². The quantitative estimate of drug-likeness (QED) is 0.490. The lowest BCUT2D eigenvalue weighted by atomic mass is 9.92. The molecule has 1 atom stereocenters. The van der Waals surface area contributed by atoms with Gasteiger partial charge in [0, 0.05) is 50.3 Å². The highest BCUT2D eigenvalue weighted by molar-refractivity contribution is 7.89. The molecule has 1 aromatic carbocycles. The number of nitro groups is 1. The first-order chi connectivity index (χ1) is 15.7. The van der Waals surface area contributed by atoms with Crippen LogP contribution in [-0.2, 0) is 19.6 Å². The summed E-state index contributed by atoms with van der Waals surface area (Å²) in [7, 11) is -3.90. The SMILES string of the molecule is Cc1ccc([N+](=O)[O-])cc1S(=O)(=O)N1CCC(C(=O)N2CCCC(C(=O)NC3CC3)C2)CC1. The lowest BCUT2D eigenvalue weighted by Crippen LogP contribution is -2.49. The summed E-state index contributed by atoms with van der Waals surface area (Å²) < 4.78 is 27.6. The number of hydrogen-bond acceptors (Lipinski definition) is 6. The molecule has 1 aromatic rings. The zero-order valence-corrected chi connectivity index (χ0v) is 19.6. The first kappa shape index (κ1) is 23.6. The lowest BCUT2D eigenvalue weighted by Gasteiger charge is -2.37. The maximum absolute atomic E-state index is 13.1. The van der Waals surface area contributed by atoms with Gasteiger partial charge in [0.2, 0.25) is 21.8 Å². The maximum atomic E-state index is 13.1. The number of nitrogens with one attached hydrogen (secondary N) is 1. The Balaban J connectivity index is 1.37. The molecule has 0 spiro atoms. The molecule has 33 heavy (non-hydrogen) atoms. The third-order valence-electron chi connectivity index (χ3n) is 6.83. The van der Waals surface area contributed by atoms with Crippen LogP contribution in [0.25, 0.3) is 0 Å². The Morgan fingerprint density at radius 2 is 1.76 bits per heavy atom. The Kier molecular flexibility index (Phi) is 6.71. The normalized spacial score (nSPS) is 22.7. The fraction of sp³-hybridized carbons (Fsp3) is 0.636. The van der Waals surface area contributed by atoms with E-state index in [0.717, 1.165) is 31.7 Å². The Morgan fingerprint density at radius 1 is 1.06 bits per heavy atom. The zero-order chi connectivity index (χ0) is 23.8. The molecule has 1 saturated carbocycles. The van der Waals surface area contributed by atoms with E-state index in [-0.39, 0.29) is 47.3 Å². The van der Waals surface area contributed by atoms with Crippen LogP contribution >= 0.6 is 0 Å². The number of hydrogen-bond donors (Lipinski definition) is 1. The average Bonchev–Trinajstić information content (AvgIpc) is 3.62. The number of nitrogens with zero attached hydrogens (tertiary/aromatic N) is 3. The highest BCUT2D eigenvalue weighted by atomic mass is 32.2. The van der Waals surface area contributed by atoms with E-state index in [4.69, 9.17) is 0 Å². The topological polar surface area (TPSA) is 130 Å². The fourth-order valence-corrected chi connectivity index (χ4v) is 6.37. The monoisotopic (exact) mass is 478 g/mol. The number of sulfonamides is 1. The van der Waals surface area contributed by atoms with Crippen LogP contribution in [0.2, 0.25) is 0 Å². The summed E-state index contributed by atoms with van der Waals surface area (Å²) in [5, 5.41) is 14.1. The van der Waals surface area contributed by atoms with Crippen molar-refractivity contribution in [2.75, 3.05) is 26.2 Å². The van der Waals surface area contributed by atoms with Crippen molar-refractivity contribution in [1.82, 2.24) is 14.5 Å². The lowest BCUT2D eigenvalue weighted by molar-refractivity contribution is -0.385. The van der Waals surface area contributed by atoms with Crippen LogP contribution in [0.4, 0.5) is 5.69 Å². The van der Waals surface area contributed by atoms with Gasteiger partial charge >= 0.3 is 0 Å². The van der Waals surface area contributed by atoms with Crippen LogP contribution in [0.15, 0.2) is 23.1 Å². The minimum atomic E-state index is -3.90. The zero-order valence-electron chi connectivity index (χ0n) is 18.7. The molecule has 2 amide bonds. The van der Waals surface area contributed by atoms with Crippen LogP contribution in [0.1, 0.15) is 44.1 Å². The van der Waals surface area contributed by atoms with Gasteiger partial charge in [-0.15, -0.1) is 0 Å². The summed E-state index contributed by atoms with van der Waals surface area (Å²) in [6.07, 6.45) is 4.40. The predicted octanol–water partition coefficient (Wildman–Crippen LogP) is 1.82. The molecule has 0 bridgehead atoms. The molecule has 10 nitrogen and oxygen atoms in total. The van der Waals surface area contributed by atoms with Crippen LogP contribution in [0.3, 0.4) is 0 Å². The molecule has 2 saturated heterocycles. The van der Waals surface area contributed by atoms with E-state index in [9.17, 15) is 28.1 Å². The number of piperidine rings is 2. The largest absolute Gasteiger partial charge is 0.353 e. The Morgan fingerprint density at radius 3 is 2.39 bits per heavy atom. The van der Waals surface area contributed by atoms with E-state index in [1.54, 1.807) is 11.8 Å². The van der Waals surface area contributed by atoms with E-state index in [1.807, 2.05) is 0 Å². The summed E-state index contributed by atoms with van der Waals surface area (Å²) >= 11 is 0. The highest BCUT2D eigenvalue weighted by Gasteiger charge is 2.37. The van der Waals surface area contributed by atoms with Crippen molar-refractivity contribution >= 4 is 27.5 Å². The van der Waals surface area contributed by atoms with Crippen molar-refractivity contribution in [1.29, 1.82) is 0 Å². The van der Waals surface area contributed by atoms with Gasteiger partial charge in [-0.2, -0.15) is 4.31 Å². The van der Waals surface area contributed by atoms with Crippen molar-refractivity contribution in [3.05, 3.63) is 33.9 Å². The van der Waals surface area contributed by atoms with Gasteiger partial charge in [-0.05, 0) is 51.0 Å². The number of amides is 2. The number of likely N-dealkylation sites (tertiary alicyclic amines) is 1. The maximum Gasteiger partial charge on any atom is 0.270 e. The van der Waals surface area contributed by atoms with Gasteiger partial charge in [-0.3, -0.25) is 19.7 Å². The molecule has 0 aromatic heterocycles. The molecule has 1 N–H and O–H groups in total. The summed E-state index contributed by atoms with van der Waals surface area (Å²) in [4.78, 5) is 37.7. The summed E-state index contributed by atoms with van der Waals surface area (Å²) in [6.45, 7) is 3.01. The smallest absolute Gasteiger partial charge is 0.270 e. The number of rotatable bonds is 6. The van der Waals surface area contributed by atoms with Crippen LogP contribution in [0.5, 0.6) is 0 Å². The van der Waals surface area contributed by atoms with Gasteiger partial charge in [-0.1, -0.05) is 6.07 Å². The molecule has 11 heteroatoms. The standard InChI is InChI=1S/C22H30N4O6S/c1-15-4-7-19(26(29)30)13-20(15)33(31,32)25-11-8-16(9-12-25)22(28)24-10-2-3-17(14-24)21(27)23-18-5-6-18/h4,7,13,16-18H,2-3,5-6,8-12,14H2,1H3,(H,23,27). The minimum Gasteiger partial charge on any atom is -0.353 e. The fourth-order valence-electron chi connectivity index (χ4n) is 4.66. The van der Waals surface area contributed by atoms with Crippen molar-refractivity contribution in [2.24, 2.45) is 11.8 Å². The second kappa shape index (κ2) is 9.38. The van der Waals surface area contributed by atoms with Crippen LogP contribution in [-0.4, -0.2) is 66.6 Å². The Bertz CT molecular complexity index is 1050. The van der Waals surface area contributed by atoms with Crippen molar-refractivity contribution in [3.63, 3.8) is 0 Å².